The molecule has 1 fully saturated rings. The largest absolute Gasteiger partial charge is 0.396 e. The van der Waals surface area contributed by atoms with Crippen molar-refractivity contribution in [2.75, 3.05) is 33.3 Å². The van der Waals surface area contributed by atoms with Crippen molar-refractivity contribution in [2.45, 2.75) is 18.9 Å². The number of piperazine rings is 1. The number of hydrogen-bond acceptors (Lipinski definition) is 4. The first-order valence-electron chi connectivity index (χ1n) is 6.30. The molecule has 1 saturated heterocycles. The fraction of sp³-hybridized carbons (Fsp3) is 0.615. The molecule has 0 unspecified atom stereocenters. The normalized spacial score (nSPS) is 21.2. The molecule has 1 aromatic heterocycles. The van der Waals surface area contributed by atoms with Crippen LogP contribution < -0.4 is 0 Å². The van der Waals surface area contributed by atoms with Crippen molar-refractivity contribution in [2.24, 2.45) is 0 Å². The summed E-state index contributed by atoms with van der Waals surface area (Å²) >= 11 is 1.63. The van der Waals surface area contributed by atoms with Gasteiger partial charge in [-0.15, -0.1) is 0 Å². The third-order valence-corrected chi connectivity index (χ3v) is 4.26. The second kappa shape index (κ2) is 6.31. The van der Waals surface area contributed by atoms with E-state index in [2.05, 4.69) is 11.9 Å². The van der Waals surface area contributed by atoms with Crippen LogP contribution in [0, 0.1) is 0 Å². The van der Waals surface area contributed by atoms with Gasteiger partial charge in [-0.2, -0.15) is 11.3 Å². The molecular weight excluding hydrogens is 248 g/mol. The van der Waals surface area contributed by atoms with Crippen molar-refractivity contribution in [1.82, 2.24) is 9.80 Å². The summed E-state index contributed by atoms with van der Waals surface area (Å²) in [5.74, 6) is 0.199. The zero-order valence-corrected chi connectivity index (χ0v) is 11.5. The summed E-state index contributed by atoms with van der Waals surface area (Å²) in [6, 6.07) is 2.29. The molecule has 0 spiro atoms. The Morgan fingerprint density at radius 2 is 2.39 bits per heavy atom. The molecule has 1 atom stereocenters. The van der Waals surface area contributed by atoms with Crippen molar-refractivity contribution < 1.29 is 9.90 Å². The van der Waals surface area contributed by atoms with Crippen LogP contribution in [0.4, 0.5) is 0 Å². The van der Waals surface area contributed by atoms with E-state index in [1.54, 1.807) is 11.3 Å². The highest BCUT2D eigenvalue weighted by molar-refractivity contribution is 7.07. The molecule has 2 rings (SSSR count). The van der Waals surface area contributed by atoms with E-state index in [4.69, 9.17) is 5.11 Å². The molecule has 1 aliphatic rings. The lowest BCUT2D eigenvalue weighted by atomic mass is 10.1. The summed E-state index contributed by atoms with van der Waals surface area (Å²) < 4.78 is 0. The number of aliphatic hydroxyl groups is 1. The van der Waals surface area contributed by atoms with Gasteiger partial charge in [-0.05, 0) is 35.9 Å². The third kappa shape index (κ3) is 3.31. The second-order valence-electron chi connectivity index (χ2n) is 4.79. The Kier molecular flexibility index (Phi) is 4.74. The Hall–Kier alpha value is -0.910. The zero-order chi connectivity index (χ0) is 13.0. The van der Waals surface area contributed by atoms with E-state index in [-0.39, 0.29) is 18.6 Å². The quantitative estimate of drug-likeness (QED) is 0.879. The van der Waals surface area contributed by atoms with E-state index in [1.807, 2.05) is 21.7 Å². The van der Waals surface area contributed by atoms with Gasteiger partial charge in [0.25, 0.3) is 0 Å². The molecule has 18 heavy (non-hydrogen) atoms. The molecule has 0 aromatic carbocycles. The van der Waals surface area contributed by atoms with Gasteiger partial charge in [-0.1, -0.05) is 0 Å². The fourth-order valence-electron chi connectivity index (χ4n) is 2.31. The van der Waals surface area contributed by atoms with E-state index in [1.165, 1.54) is 0 Å². The van der Waals surface area contributed by atoms with E-state index < -0.39 is 0 Å². The molecule has 0 radical (unpaired) electrons. The Morgan fingerprint density at radius 1 is 1.56 bits per heavy atom. The Labute approximate surface area is 112 Å². The van der Waals surface area contributed by atoms with Crippen LogP contribution in [0.5, 0.6) is 0 Å². The van der Waals surface area contributed by atoms with Gasteiger partial charge < -0.3 is 10.0 Å². The topological polar surface area (TPSA) is 43.8 Å². The first-order valence-corrected chi connectivity index (χ1v) is 7.25. The van der Waals surface area contributed by atoms with Crippen LogP contribution in [-0.2, 0) is 11.2 Å². The minimum atomic E-state index is 0.182. The van der Waals surface area contributed by atoms with Crippen LogP contribution in [0.25, 0.3) is 0 Å². The molecule has 1 aliphatic heterocycles. The number of likely N-dealkylation sites (N-methyl/N-ethyl adjacent to an activating group) is 1. The number of aliphatic hydroxyl groups excluding tert-OH is 1. The summed E-state index contributed by atoms with van der Waals surface area (Å²) in [7, 11) is 2.06. The maximum atomic E-state index is 12.2. The average Bonchev–Trinajstić information content (AvgIpc) is 2.85. The molecular formula is C13H20N2O2S. The first kappa shape index (κ1) is 13.5. The lowest BCUT2D eigenvalue weighted by molar-refractivity contribution is -0.133. The minimum Gasteiger partial charge on any atom is -0.396 e. The molecule has 4 nitrogen and oxygen atoms in total. The van der Waals surface area contributed by atoms with E-state index >= 15 is 0 Å². The molecule has 100 valence electrons. The zero-order valence-electron chi connectivity index (χ0n) is 10.7. The molecule has 0 bridgehead atoms. The fourth-order valence-corrected chi connectivity index (χ4v) is 2.98. The van der Waals surface area contributed by atoms with Crippen LogP contribution in [0.1, 0.15) is 12.0 Å². The third-order valence-electron chi connectivity index (χ3n) is 3.53. The van der Waals surface area contributed by atoms with Gasteiger partial charge in [0, 0.05) is 32.3 Å². The van der Waals surface area contributed by atoms with Gasteiger partial charge in [0.15, 0.2) is 0 Å². The summed E-state index contributed by atoms with van der Waals surface area (Å²) in [5.41, 5.74) is 1.10. The van der Waals surface area contributed by atoms with E-state index in [0.29, 0.717) is 6.42 Å². The molecule has 1 amide bonds. The van der Waals surface area contributed by atoms with E-state index in [9.17, 15) is 4.79 Å². The minimum absolute atomic E-state index is 0.182. The van der Waals surface area contributed by atoms with Crippen LogP contribution in [0.3, 0.4) is 0 Å². The number of hydrogen-bond donors (Lipinski definition) is 1. The van der Waals surface area contributed by atoms with Gasteiger partial charge in [-0.3, -0.25) is 9.69 Å². The van der Waals surface area contributed by atoms with Crippen molar-refractivity contribution >= 4 is 17.2 Å². The summed E-state index contributed by atoms with van der Waals surface area (Å²) in [6.07, 6.45) is 1.23. The predicted molar refractivity (Wildman–Crippen MR) is 72.7 cm³/mol. The molecule has 0 saturated carbocycles. The van der Waals surface area contributed by atoms with Crippen molar-refractivity contribution in [3.63, 3.8) is 0 Å². The monoisotopic (exact) mass is 268 g/mol. The van der Waals surface area contributed by atoms with Gasteiger partial charge >= 0.3 is 0 Å². The number of amides is 1. The van der Waals surface area contributed by atoms with Crippen LogP contribution in [0.15, 0.2) is 16.8 Å². The van der Waals surface area contributed by atoms with Gasteiger partial charge in [0.1, 0.15) is 0 Å². The number of carbonyl (C=O) groups is 1. The number of thiophene rings is 1. The lowest BCUT2D eigenvalue weighted by Crippen LogP contribution is -2.53. The predicted octanol–water partition coefficient (Wildman–Crippen LogP) is 0.816. The van der Waals surface area contributed by atoms with Crippen LogP contribution in [0.2, 0.25) is 0 Å². The van der Waals surface area contributed by atoms with Crippen molar-refractivity contribution in [3.8, 4) is 0 Å². The molecule has 1 N–H and O–H groups in total. The van der Waals surface area contributed by atoms with Gasteiger partial charge in [-0.25, -0.2) is 0 Å². The molecule has 1 aromatic rings. The summed E-state index contributed by atoms with van der Waals surface area (Å²) in [5, 5.41) is 13.1. The highest BCUT2D eigenvalue weighted by Crippen LogP contribution is 2.13. The number of rotatable bonds is 4. The maximum absolute atomic E-state index is 12.2. The summed E-state index contributed by atoms with van der Waals surface area (Å²) in [4.78, 5) is 16.3. The molecule has 2 heterocycles. The SMILES string of the molecule is CN1CCN(C(=O)Cc2ccsc2)C[C@H]1CCO. The van der Waals surface area contributed by atoms with Gasteiger partial charge in [0.05, 0.1) is 6.42 Å². The average molecular weight is 268 g/mol. The molecule has 5 heteroatoms. The van der Waals surface area contributed by atoms with Crippen molar-refractivity contribution in [1.29, 1.82) is 0 Å². The van der Waals surface area contributed by atoms with Crippen LogP contribution in [-0.4, -0.2) is 60.1 Å². The standard InChI is InChI=1S/C13H20N2O2S/c1-14-4-5-15(9-12(14)2-6-16)13(17)8-11-3-7-18-10-11/h3,7,10,12,16H,2,4-6,8-9H2,1H3/t12-/m1/s1. The molecule has 0 aliphatic carbocycles. The highest BCUT2D eigenvalue weighted by Gasteiger charge is 2.26. The maximum Gasteiger partial charge on any atom is 0.227 e. The first-order chi connectivity index (χ1) is 8.70. The number of carbonyl (C=O) groups excluding carboxylic acids is 1. The smallest absolute Gasteiger partial charge is 0.227 e. The summed E-state index contributed by atoms with van der Waals surface area (Å²) in [6.45, 7) is 2.60. The Morgan fingerprint density at radius 3 is 3.06 bits per heavy atom. The second-order valence-corrected chi connectivity index (χ2v) is 5.57. The van der Waals surface area contributed by atoms with Crippen molar-refractivity contribution in [3.05, 3.63) is 22.4 Å². The Balaban J connectivity index is 1.90. The van der Waals surface area contributed by atoms with Gasteiger partial charge in [0.2, 0.25) is 5.91 Å². The Bertz CT molecular complexity index is 380. The highest BCUT2D eigenvalue weighted by atomic mass is 32.1. The van der Waals surface area contributed by atoms with Crippen LogP contribution >= 0.6 is 11.3 Å². The van der Waals surface area contributed by atoms with E-state index in [0.717, 1.165) is 31.6 Å². The lowest BCUT2D eigenvalue weighted by Gasteiger charge is -2.39. The number of nitrogens with zero attached hydrogens (tertiary/aromatic N) is 2.